The summed E-state index contributed by atoms with van der Waals surface area (Å²) in [4.78, 5) is 20.0. The lowest BCUT2D eigenvalue weighted by molar-refractivity contribution is 0.149. The van der Waals surface area contributed by atoms with Crippen molar-refractivity contribution in [2.45, 2.75) is 18.9 Å². The molecular formula is C18H21N3O3. The van der Waals surface area contributed by atoms with Crippen LogP contribution in [0.15, 0.2) is 51.9 Å². The van der Waals surface area contributed by atoms with Crippen molar-refractivity contribution in [3.05, 3.63) is 64.4 Å². The van der Waals surface area contributed by atoms with Crippen molar-refractivity contribution < 1.29 is 9.52 Å². The van der Waals surface area contributed by atoms with Gasteiger partial charge in [0.2, 0.25) is 0 Å². The van der Waals surface area contributed by atoms with E-state index >= 15 is 0 Å². The van der Waals surface area contributed by atoms with Crippen molar-refractivity contribution in [3.8, 4) is 0 Å². The molecule has 3 rings (SSSR count). The number of likely N-dealkylation sites (N-methyl/N-ethyl adjacent to an activating group) is 1. The molecule has 0 saturated carbocycles. The number of nitrogens with one attached hydrogen (secondary N) is 1. The third kappa shape index (κ3) is 4.10. The minimum atomic E-state index is -0.585. The molecule has 0 radical (unpaired) electrons. The normalized spacial score (nSPS) is 12.8. The van der Waals surface area contributed by atoms with Crippen molar-refractivity contribution in [2.24, 2.45) is 0 Å². The zero-order chi connectivity index (χ0) is 16.9. The summed E-state index contributed by atoms with van der Waals surface area (Å²) in [5, 5.41) is 10.4. The number of aromatic nitrogens is 2. The quantitative estimate of drug-likeness (QED) is 0.694. The number of hydrogen-bond donors (Lipinski definition) is 2. The van der Waals surface area contributed by atoms with Gasteiger partial charge in [0, 0.05) is 25.5 Å². The van der Waals surface area contributed by atoms with Crippen molar-refractivity contribution in [2.75, 3.05) is 20.1 Å². The van der Waals surface area contributed by atoms with E-state index in [0.717, 1.165) is 25.1 Å². The maximum absolute atomic E-state index is 11.2. The van der Waals surface area contributed by atoms with Gasteiger partial charge in [-0.2, -0.15) is 0 Å². The molecule has 0 aliphatic heterocycles. The van der Waals surface area contributed by atoms with Gasteiger partial charge in [0.15, 0.2) is 5.58 Å². The van der Waals surface area contributed by atoms with Gasteiger partial charge in [0.1, 0.15) is 0 Å². The van der Waals surface area contributed by atoms with Crippen LogP contribution in [0.25, 0.3) is 11.1 Å². The highest BCUT2D eigenvalue weighted by Gasteiger charge is 2.11. The number of fused-ring (bicyclic) bond motifs is 1. The second-order valence-corrected chi connectivity index (χ2v) is 5.98. The molecule has 2 heterocycles. The fourth-order valence-corrected chi connectivity index (χ4v) is 2.66. The first kappa shape index (κ1) is 16.4. The molecule has 6 heteroatoms. The summed E-state index contributed by atoms with van der Waals surface area (Å²) >= 11 is 0. The molecular weight excluding hydrogens is 306 g/mol. The molecule has 1 atom stereocenters. The van der Waals surface area contributed by atoms with Crippen molar-refractivity contribution in [1.82, 2.24) is 14.9 Å². The molecule has 0 bridgehead atoms. The monoisotopic (exact) mass is 327 g/mol. The molecule has 0 aliphatic carbocycles. The summed E-state index contributed by atoms with van der Waals surface area (Å²) in [7, 11) is 2.04. The van der Waals surface area contributed by atoms with E-state index in [1.54, 1.807) is 24.5 Å². The standard InChI is InChI=1S/C18H21N3O3/c1-21(10-6-13-4-8-19-9-5-13)11-7-16(22)14-2-3-15-17(12-14)24-18(23)20-15/h2-5,8-9,12,16,22H,6-7,10-11H2,1H3,(H,20,23). The number of oxazole rings is 1. The minimum absolute atomic E-state index is 0.475. The van der Waals surface area contributed by atoms with Crippen LogP contribution >= 0.6 is 0 Å². The largest absolute Gasteiger partial charge is 0.417 e. The number of nitrogens with zero attached hydrogens (tertiary/aromatic N) is 2. The highest BCUT2D eigenvalue weighted by molar-refractivity contribution is 5.72. The first-order valence-electron chi connectivity index (χ1n) is 8.00. The Morgan fingerprint density at radius 3 is 2.83 bits per heavy atom. The van der Waals surface area contributed by atoms with Crippen LogP contribution in [0.2, 0.25) is 0 Å². The van der Waals surface area contributed by atoms with Gasteiger partial charge in [0.25, 0.3) is 0 Å². The fraction of sp³-hybridized carbons (Fsp3) is 0.333. The molecule has 0 saturated heterocycles. The van der Waals surface area contributed by atoms with Gasteiger partial charge in [-0.25, -0.2) is 4.79 Å². The van der Waals surface area contributed by atoms with Gasteiger partial charge >= 0.3 is 5.76 Å². The predicted octanol–water partition coefficient (Wildman–Crippen LogP) is 2.11. The van der Waals surface area contributed by atoms with Crippen LogP contribution in [-0.2, 0) is 6.42 Å². The Morgan fingerprint density at radius 2 is 2.04 bits per heavy atom. The Hall–Kier alpha value is -2.44. The second-order valence-electron chi connectivity index (χ2n) is 5.98. The molecule has 3 aromatic rings. The van der Waals surface area contributed by atoms with Crippen LogP contribution < -0.4 is 5.76 Å². The molecule has 24 heavy (non-hydrogen) atoms. The van der Waals surface area contributed by atoms with Crippen LogP contribution in [0.1, 0.15) is 23.7 Å². The number of aliphatic hydroxyl groups is 1. The zero-order valence-corrected chi connectivity index (χ0v) is 13.6. The summed E-state index contributed by atoms with van der Waals surface area (Å²) in [6.07, 6.45) is 4.59. The zero-order valence-electron chi connectivity index (χ0n) is 13.6. The van der Waals surface area contributed by atoms with Crippen LogP contribution in [0.4, 0.5) is 0 Å². The molecule has 0 aliphatic rings. The number of pyridine rings is 1. The number of rotatable bonds is 7. The molecule has 0 amide bonds. The summed E-state index contributed by atoms with van der Waals surface area (Å²) in [5.74, 6) is -0.479. The Bertz CT molecular complexity index is 841. The molecule has 6 nitrogen and oxygen atoms in total. The van der Waals surface area contributed by atoms with Gasteiger partial charge in [-0.3, -0.25) is 9.97 Å². The molecule has 0 spiro atoms. The van der Waals surface area contributed by atoms with E-state index in [2.05, 4.69) is 14.9 Å². The molecule has 126 valence electrons. The van der Waals surface area contributed by atoms with E-state index in [9.17, 15) is 9.90 Å². The van der Waals surface area contributed by atoms with Crippen molar-refractivity contribution in [3.63, 3.8) is 0 Å². The third-order valence-electron chi connectivity index (χ3n) is 4.15. The Kier molecular flexibility index (Phi) is 5.08. The number of hydrogen-bond acceptors (Lipinski definition) is 5. The molecule has 0 fully saturated rings. The highest BCUT2D eigenvalue weighted by Crippen LogP contribution is 2.21. The third-order valence-corrected chi connectivity index (χ3v) is 4.15. The van der Waals surface area contributed by atoms with Crippen LogP contribution in [0, 0.1) is 0 Å². The average Bonchev–Trinajstić information content (AvgIpc) is 2.97. The number of H-pyrrole nitrogens is 1. The number of aromatic amines is 1. The van der Waals surface area contributed by atoms with E-state index in [1.165, 1.54) is 5.56 Å². The topological polar surface area (TPSA) is 82.4 Å². The fourth-order valence-electron chi connectivity index (χ4n) is 2.66. The summed E-state index contributed by atoms with van der Waals surface area (Å²) in [6.45, 7) is 1.70. The molecule has 1 aromatic carbocycles. The predicted molar refractivity (Wildman–Crippen MR) is 91.8 cm³/mol. The summed E-state index contributed by atoms with van der Waals surface area (Å²) in [5.41, 5.74) is 3.13. The maximum Gasteiger partial charge on any atom is 0.417 e. The average molecular weight is 327 g/mol. The van der Waals surface area contributed by atoms with Gasteiger partial charge in [-0.15, -0.1) is 0 Å². The smallest absolute Gasteiger partial charge is 0.408 e. The van der Waals surface area contributed by atoms with E-state index in [-0.39, 0.29) is 0 Å². The Balaban J connectivity index is 1.52. The lowest BCUT2D eigenvalue weighted by Crippen LogP contribution is -2.23. The SMILES string of the molecule is CN(CCc1ccncc1)CCC(O)c1ccc2[nH]c(=O)oc2c1. The minimum Gasteiger partial charge on any atom is -0.408 e. The van der Waals surface area contributed by atoms with Gasteiger partial charge in [-0.05, 0) is 55.3 Å². The lowest BCUT2D eigenvalue weighted by Gasteiger charge is -2.19. The molecule has 2 aromatic heterocycles. The van der Waals surface area contributed by atoms with E-state index in [1.807, 2.05) is 25.2 Å². The first-order chi connectivity index (χ1) is 11.6. The van der Waals surface area contributed by atoms with E-state index in [4.69, 9.17) is 4.42 Å². The molecule has 1 unspecified atom stereocenters. The number of aliphatic hydroxyl groups excluding tert-OH is 1. The van der Waals surface area contributed by atoms with E-state index in [0.29, 0.717) is 17.5 Å². The summed E-state index contributed by atoms with van der Waals surface area (Å²) < 4.78 is 5.03. The maximum atomic E-state index is 11.2. The Labute approximate surface area is 139 Å². The van der Waals surface area contributed by atoms with E-state index < -0.39 is 11.9 Å². The number of benzene rings is 1. The first-order valence-corrected chi connectivity index (χ1v) is 8.00. The van der Waals surface area contributed by atoms with Crippen LogP contribution in [-0.4, -0.2) is 40.1 Å². The van der Waals surface area contributed by atoms with Crippen LogP contribution in [0.3, 0.4) is 0 Å². The van der Waals surface area contributed by atoms with Crippen molar-refractivity contribution >= 4 is 11.1 Å². The second kappa shape index (κ2) is 7.42. The van der Waals surface area contributed by atoms with Crippen molar-refractivity contribution in [1.29, 1.82) is 0 Å². The van der Waals surface area contributed by atoms with Gasteiger partial charge < -0.3 is 14.4 Å². The van der Waals surface area contributed by atoms with Gasteiger partial charge in [0.05, 0.1) is 11.6 Å². The summed E-state index contributed by atoms with van der Waals surface area (Å²) in [6, 6.07) is 9.32. The molecule has 2 N–H and O–H groups in total. The van der Waals surface area contributed by atoms with Gasteiger partial charge in [-0.1, -0.05) is 6.07 Å². The lowest BCUT2D eigenvalue weighted by atomic mass is 10.1. The highest BCUT2D eigenvalue weighted by atomic mass is 16.4. The van der Waals surface area contributed by atoms with Crippen LogP contribution in [0.5, 0.6) is 0 Å². The Morgan fingerprint density at radius 1 is 1.25 bits per heavy atom.